The summed E-state index contributed by atoms with van der Waals surface area (Å²) in [4.78, 5) is 11.5. The summed E-state index contributed by atoms with van der Waals surface area (Å²) in [7, 11) is 1.94. The van der Waals surface area contributed by atoms with Gasteiger partial charge in [-0.3, -0.25) is 9.48 Å². The van der Waals surface area contributed by atoms with Gasteiger partial charge in [-0.2, -0.15) is 5.10 Å². The molecule has 6 heteroatoms. The van der Waals surface area contributed by atoms with Gasteiger partial charge in [-0.15, -0.1) is 11.8 Å². The molecule has 1 aromatic rings. The molecule has 0 aliphatic heterocycles. The number of thioether (sulfide) groups is 1. The fourth-order valence-electron chi connectivity index (χ4n) is 1.58. The summed E-state index contributed by atoms with van der Waals surface area (Å²) in [6.45, 7) is 6.02. The van der Waals surface area contributed by atoms with Crippen molar-refractivity contribution in [2.24, 2.45) is 7.05 Å². The molecule has 0 unspecified atom stereocenters. The summed E-state index contributed by atoms with van der Waals surface area (Å²) in [6.07, 6.45) is 0.910. The zero-order chi connectivity index (χ0) is 13.7. The molecule has 0 radical (unpaired) electrons. The largest absolute Gasteiger partial charge is 0.353 e. The van der Waals surface area contributed by atoms with Gasteiger partial charge in [0, 0.05) is 18.8 Å². The summed E-state index contributed by atoms with van der Waals surface area (Å²) < 4.78 is 2.96. The first-order chi connectivity index (χ1) is 8.45. The minimum atomic E-state index is 0.0870. The quantitative estimate of drug-likeness (QED) is 0.870. The van der Waals surface area contributed by atoms with Gasteiger partial charge >= 0.3 is 0 Å². The van der Waals surface area contributed by atoms with Crippen molar-refractivity contribution >= 4 is 33.6 Å². The molecule has 1 amide bonds. The molecule has 0 aliphatic rings. The molecular weight excluding hydrogens is 314 g/mol. The minimum Gasteiger partial charge on any atom is -0.353 e. The van der Waals surface area contributed by atoms with Gasteiger partial charge in [0.05, 0.1) is 21.6 Å². The van der Waals surface area contributed by atoms with Crippen molar-refractivity contribution in [3.63, 3.8) is 0 Å². The van der Waals surface area contributed by atoms with Crippen molar-refractivity contribution in [1.29, 1.82) is 0 Å². The van der Waals surface area contributed by atoms with Crippen LogP contribution in [0, 0.1) is 0 Å². The maximum atomic E-state index is 11.5. The Hall–Kier alpha value is -0.490. The molecular formula is C12H20BrN3OS. The maximum absolute atomic E-state index is 11.5. The highest BCUT2D eigenvalue weighted by Crippen LogP contribution is 2.25. The number of aryl methyl sites for hydroxylation is 2. The standard InChI is InChI=1S/C12H20BrN3OS/c1-5-9-12(13)10(16(4)15-9)6-18-7-11(17)14-8(2)3/h8H,5-7H2,1-4H3,(H,14,17). The van der Waals surface area contributed by atoms with Gasteiger partial charge in [0.1, 0.15) is 0 Å². The first-order valence-corrected chi connectivity index (χ1v) is 7.97. The van der Waals surface area contributed by atoms with Crippen molar-refractivity contribution in [3.05, 3.63) is 15.9 Å². The van der Waals surface area contributed by atoms with Crippen LogP contribution < -0.4 is 5.32 Å². The number of nitrogens with zero attached hydrogens (tertiary/aromatic N) is 2. The molecule has 0 atom stereocenters. The Balaban J connectivity index is 2.49. The molecule has 0 saturated heterocycles. The van der Waals surface area contributed by atoms with Crippen LogP contribution in [0.1, 0.15) is 32.2 Å². The predicted octanol–water partition coefficient (Wildman–Crippen LogP) is 2.50. The third-order valence-corrected chi connectivity index (χ3v) is 4.28. The normalized spacial score (nSPS) is 11.0. The topological polar surface area (TPSA) is 46.9 Å². The van der Waals surface area contributed by atoms with E-state index in [4.69, 9.17) is 0 Å². The Kier molecular flexibility index (Phi) is 6.21. The lowest BCUT2D eigenvalue weighted by Crippen LogP contribution is -2.31. The number of halogens is 1. The lowest BCUT2D eigenvalue weighted by atomic mass is 10.3. The second-order valence-electron chi connectivity index (χ2n) is 4.40. The molecule has 1 heterocycles. The van der Waals surface area contributed by atoms with E-state index in [1.165, 1.54) is 0 Å². The molecule has 102 valence electrons. The maximum Gasteiger partial charge on any atom is 0.230 e. The number of hydrogen-bond acceptors (Lipinski definition) is 3. The van der Waals surface area contributed by atoms with Crippen LogP contribution in [-0.2, 0) is 24.0 Å². The van der Waals surface area contributed by atoms with Gasteiger partial charge in [0.15, 0.2) is 0 Å². The molecule has 0 aliphatic carbocycles. The Morgan fingerprint density at radius 3 is 2.72 bits per heavy atom. The molecule has 4 nitrogen and oxygen atoms in total. The smallest absolute Gasteiger partial charge is 0.230 e. The van der Waals surface area contributed by atoms with Crippen LogP contribution in [-0.4, -0.2) is 27.5 Å². The highest BCUT2D eigenvalue weighted by Gasteiger charge is 2.13. The zero-order valence-corrected chi connectivity index (χ0v) is 13.7. The van der Waals surface area contributed by atoms with Crippen molar-refractivity contribution in [1.82, 2.24) is 15.1 Å². The molecule has 1 rings (SSSR count). The minimum absolute atomic E-state index is 0.0870. The molecule has 0 saturated carbocycles. The summed E-state index contributed by atoms with van der Waals surface area (Å²) in [5, 5.41) is 7.31. The second kappa shape index (κ2) is 7.19. The van der Waals surface area contributed by atoms with Crippen LogP contribution in [0.2, 0.25) is 0 Å². The number of carbonyl (C=O) groups excluding carboxylic acids is 1. The van der Waals surface area contributed by atoms with E-state index in [0.717, 1.165) is 28.0 Å². The summed E-state index contributed by atoms with van der Waals surface area (Å²) in [5.41, 5.74) is 2.20. The van der Waals surface area contributed by atoms with Crippen molar-refractivity contribution in [2.45, 2.75) is 39.0 Å². The van der Waals surface area contributed by atoms with Crippen LogP contribution >= 0.6 is 27.7 Å². The van der Waals surface area contributed by atoms with E-state index in [1.54, 1.807) is 11.8 Å². The average molecular weight is 334 g/mol. The van der Waals surface area contributed by atoms with Gasteiger partial charge in [0.25, 0.3) is 0 Å². The fourth-order valence-corrected chi connectivity index (χ4v) is 3.42. The third-order valence-electron chi connectivity index (χ3n) is 2.42. The Bertz CT molecular complexity index is 418. The molecule has 0 bridgehead atoms. The second-order valence-corrected chi connectivity index (χ2v) is 6.18. The summed E-state index contributed by atoms with van der Waals surface area (Å²) >= 11 is 5.18. The summed E-state index contributed by atoms with van der Waals surface area (Å²) in [6, 6.07) is 0.202. The van der Waals surface area contributed by atoms with Crippen LogP contribution in [0.4, 0.5) is 0 Å². The average Bonchev–Trinajstić information content (AvgIpc) is 2.55. The van der Waals surface area contributed by atoms with Gasteiger partial charge < -0.3 is 5.32 Å². The predicted molar refractivity (Wildman–Crippen MR) is 79.7 cm³/mol. The first kappa shape index (κ1) is 15.6. The molecule has 0 fully saturated rings. The number of nitrogens with one attached hydrogen (secondary N) is 1. The van der Waals surface area contributed by atoms with E-state index in [0.29, 0.717) is 5.75 Å². The Morgan fingerprint density at radius 1 is 1.56 bits per heavy atom. The van der Waals surface area contributed by atoms with Crippen molar-refractivity contribution in [2.75, 3.05) is 5.75 Å². The van der Waals surface area contributed by atoms with E-state index in [-0.39, 0.29) is 11.9 Å². The lowest BCUT2D eigenvalue weighted by molar-refractivity contribution is -0.119. The lowest BCUT2D eigenvalue weighted by Gasteiger charge is -2.08. The SMILES string of the molecule is CCc1nn(C)c(CSCC(=O)NC(C)C)c1Br. The molecule has 0 spiro atoms. The molecule has 1 aromatic heterocycles. The van der Waals surface area contributed by atoms with E-state index >= 15 is 0 Å². The van der Waals surface area contributed by atoms with Gasteiger partial charge in [0.2, 0.25) is 5.91 Å². The monoisotopic (exact) mass is 333 g/mol. The number of hydrogen-bond donors (Lipinski definition) is 1. The van der Waals surface area contributed by atoms with Crippen molar-refractivity contribution < 1.29 is 4.79 Å². The van der Waals surface area contributed by atoms with Gasteiger partial charge in [-0.25, -0.2) is 0 Å². The molecule has 0 aromatic carbocycles. The van der Waals surface area contributed by atoms with Gasteiger partial charge in [-0.1, -0.05) is 6.92 Å². The Morgan fingerprint density at radius 2 is 2.22 bits per heavy atom. The highest BCUT2D eigenvalue weighted by molar-refractivity contribution is 9.10. The number of amides is 1. The third kappa shape index (κ3) is 4.31. The number of carbonyl (C=O) groups is 1. The molecule has 18 heavy (non-hydrogen) atoms. The van der Waals surface area contributed by atoms with E-state index in [9.17, 15) is 4.79 Å². The Labute approximate surface area is 121 Å². The first-order valence-electron chi connectivity index (χ1n) is 6.03. The van der Waals surface area contributed by atoms with E-state index in [1.807, 2.05) is 25.6 Å². The molecule has 1 N–H and O–H groups in total. The van der Waals surface area contributed by atoms with Crippen LogP contribution in [0.25, 0.3) is 0 Å². The van der Waals surface area contributed by atoms with Crippen LogP contribution in [0.3, 0.4) is 0 Å². The van der Waals surface area contributed by atoms with Crippen molar-refractivity contribution in [3.8, 4) is 0 Å². The number of aromatic nitrogens is 2. The fraction of sp³-hybridized carbons (Fsp3) is 0.667. The van der Waals surface area contributed by atoms with E-state index < -0.39 is 0 Å². The highest BCUT2D eigenvalue weighted by atomic mass is 79.9. The van der Waals surface area contributed by atoms with E-state index in [2.05, 4.69) is 33.3 Å². The zero-order valence-electron chi connectivity index (χ0n) is 11.3. The van der Waals surface area contributed by atoms with Crippen LogP contribution in [0.15, 0.2) is 4.47 Å². The number of rotatable bonds is 6. The van der Waals surface area contributed by atoms with Gasteiger partial charge in [-0.05, 0) is 36.2 Å². The van der Waals surface area contributed by atoms with Crippen LogP contribution in [0.5, 0.6) is 0 Å². The summed E-state index contributed by atoms with van der Waals surface area (Å²) in [5.74, 6) is 1.36.